The van der Waals surface area contributed by atoms with Gasteiger partial charge in [-0.1, -0.05) is 60.1 Å². The van der Waals surface area contributed by atoms with Crippen LogP contribution in [-0.4, -0.2) is 14.8 Å². The summed E-state index contributed by atoms with van der Waals surface area (Å²) in [6.45, 7) is 0. The van der Waals surface area contributed by atoms with E-state index < -0.39 is 0 Å². The average Bonchev–Trinajstić information content (AvgIpc) is 3.30. The van der Waals surface area contributed by atoms with Gasteiger partial charge in [-0.05, 0) is 41.3 Å². The van der Waals surface area contributed by atoms with Crippen LogP contribution in [-0.2, 0) is 0 Å². The molecule has 2 heterocycles. The van der Waals surface area contributed by atoms with Crippen LogP contribution in [0.25, 0.3) is 39.5 Å². The normalized spacial score (nSPS) is 11.7. The zero-order valence-electron chi connectivity index (χ0n) is 14.4. The Bertz CT molecular complexity index is 1290. The zero-order chi connectivity index (χ0) is 18.2. The second-order valence-corrected chi connectivity index (χ2v) is 6.92. The molecule has 0 saturated carbocycles. The zero-order valence-corrected chi connectivity index (χ0v) is 15.2. The van der Waals surface area contributed by atoms with Gasteiger partial charge in [0.1, 0.15) is 0 Å². The van der Waals surface area contributed by atoms with Crippen LogP contribution in [0.3, 0.4) is 0 Å². The maximum Gasteiger partial charge on any atom is 0.0927 e. The van der Waals surface area contributed by atoms with Gasteiger partial charge in [0.2, 0.25) is 0 Å². The average molecular weight is 370 g/mol. The molecule has 0 unspecified atom stereocenters. The first kappa shape index (κ1) is 15.9. The number of aromatic nitrogens is 3. The summed E-state index contributed by atoms with van der Waals surface area (Å²) >= 11 is 6.13. The fourth-order valence-corrected chi connectivity index (χ4v) is 3.58. The summed E-state index contributed by atoms with van der Waals surface area (Å²) in [6.07, 6.45) is 8.40. The highest BCUT2D eigenvalue weighted by atomic mass is 35.5. The highest BCUT2D eigenvalue weighted by Gasteiger charge is 2.06. The Kier molecular flexibility index (Phi) is 3.80. The summed E-state index contributed by atoms with van der Waals surface area (Å²) in [7, 11) is 0. The largest absolute Gasteiger partial charge is 0.322 e. The monoisotopic (exact) mass is 369 g/mol. The fourth-order valence-electron chi connectivity index (χ4n) is 3.40. The van der Waals surface area contributed by atoms with Crippen molar-refractivity contribution in [1.29, 1.82) is 0 Å². The van der Waals surface area contributed by atoms with Crippen LogP contribution in [0.5, 0.6) is 0 Å². The van der Waals surface area contributed by atoms with Gasteiger partial charge < -0.3 is 4.57 Å². The summed E-state index contributed by atoms with van der Waals surface area (Å²) in [5.74, 6) is 0. The number of benzene rings is 3. The number of nitrogens with zero attached hydrogens (tertiary/aromatic N) is 2. The number of H-pyrrole nitrogens is 1. The molecule has 5 aromatic rings. The summed E-state index contributed by atoms with van der Waals surface area (Å²) < 4.78 is 2.14. The molecule has 3 nitrogen and oxygen atoms in total. The molecule has 5 rings (SSSR count). The Balaban J connectivity index is 1.57. The van der Waals surface area contributed by atoms with Gasteiger partial charge in [-0.3, -0.25) is 5.10 Å². The predicted octanol–water partition coefficient (Wildman–Crippen LogP) is 6.33. The van der Waals surface area contributed by atoms with Crippen molar-refractivity contribution in [3.63, 3.8) is 0 Å². The molecule has 27 heavy (non-hydrogen) atoms. The number of fused-ring (bicyclic) bond motifs is 2. The lowest BCUT2D eigenvalue weighted by molar-refractivity contribution is 1.08. The fraction of sp³-hybridized carbons (Fsp3) is 0. The van der Waals surface area contributed by atoms with Crippen molar-refractivity contribution in [3.05, 3.63) is 95.4 Å². The second-order valence-electron chi connectivity index (χ2n) is 6.49. The van der Waals surface area contributed by atoms with E-state index in [1.807, 2.05) is 48.5 Å². The third-order valence-electron chi connectivity index (χ3n) is 4.74. The van der Waals surface area contributed by atoms with Crippen molar-refractivity contribution in [3.8, 4) is 5.69 Å². The van der Waals surface area contributed by atoms with E-state index in [1.54, 1.807) is 0 Å². The molecule has 4 heteroatoms. The molecule has 2 aromatic heterocycles. The molecule has 0 fully saturated rings. The summed E-state index contributed by atoms with van der Waals surface area (Å²) in [4.78, 5) is 0. The van der Waals surface area contributed by atoms with Gasteiger partial charge in [0.15, 0.2) is 0 Å². The third kappa shape index (κ3) is 2.92. The van der Waals surface area contributed by atoms with Crippen molar-refractivity contribution in [2.75, 3.05) is 0 Å². The molecular weight excluding hydrogens is 354 g/mol. The van der Waals surface area contributed by atoms with Gasteiger partial charge in [-0.2, -0.15) is 5.10 Å². The standard InChI is InChI=1S/C23H16ClN3/c24-19-11-9-17-14-27(15-18(17)13-19)23-8-4-1-5-16(23)10-12-22-20-6-2-3-7-21(20)25-26-22/h1-15H,(H,25,26). The number of para-hydroxylation sites is 2. The number of nitrogens with one attached hydrogen (secondary N) is 1. The van der Waals surface area contributed by atoms with Crippen molar-refractivity contribution in [2.24, 2.45) is 0 Å². The first-order chi connectivity index (χ1) is 13.3. The maximum absolute atomic E-state index is 6.13. The van der Waals surface area contributed by atoms with Crippen LogP contribution < -0.4 is 0 Å². The van der Waals surface area contributed by atoms with Crippen LogP contribution in [0, 0.1) is 0 Å². The number of hydrogen-bond donors (Lipinski definition) is 1. The molecule has 0 saturated heterocycles. The molecule has 0 amide bonds. The molecule has 0 bridgehead atoms. The van der Waals surface area contributed by atoms with Crippen molar-refractivity contribution < 1.29 is 0 Å². The molecule has 0 spiro atoms. The lowest BCUT2D eigenvalue weighted by atomic mass is 10.1. The van der Waals surface area contributed by atoms with Crippen LogP contribution in [0.1, 0.15) is 11.3 Å². The summed E-state index contributed by atoms with van der Waals surface area (Å²) in [5.41, 5.74) is 4.21. The minimum atomic E-state index is 0.749. The second kappa shape index (κ2) is 6.45. The first-order valence-electron chi connectivity index (χ1n) is 8.76. The summed E-state index contributed by atoms with van der Waals surface area (Å²) in [5, 5.41) is 11.7. The van der Waals surface area contributed by atoms with E-state index in [2.05, 4.69) is 57.5 Å². The first-order valence-corrected chi connectivity index (χ1v) is 9.13. The quantitative estimate of drug-likeness (QED) is 0.396. The van der Waals surface area contributed by atoms with E-state index in [0.717, 1.165) is 43.6 Å². The number of halogens is 1. The molecular formula is C23H16ClN3. The Morgan fingerprint density at radius 1 is 0.852 bits per heavy atom. The van der Waals surface area contributed by atoms with Gasteiger partial charge in [-0.15, -0.1) is 0 Å². The van der Waals surface area contributed by atoms with Crippen LogP contribution in [0.2, 0.25) is 5.02 Å². The van der Waals surface area contributed by atoms with Crippen LogP contribution in [0.4, 0.5) is 0 Å². The van der Waals surface area contributed by atoms with E-state index >= 15 is 0 Å². The van der Waals surface area contributed by atoms with Gasteiger partial charge in [0.05, 0.1) is 16.9 Å². The van der Waals surface area contributed by atoms with Crippen molar-refractivity contribution >= 4 is 45.4 Å². The lowest BCUT2D eigenvalue weighted by Crippen LogP contribution is -1.92. The third-order valence-corrected chi connectivity index (χ3v) is 4.98. The van der Waals surface area contributed by atoms with E-state index in [1.165, 1.54) is 0 Å². The van der Waals surface area contributed by atoms with Gasteiger partial charge in [0.25, 0.3) is 0 Å². The Morgan fingerprint density at radius 3 is 2.63 bits per heavy atom. The van der Waals surface area contributed by atoms with E-state index in [4.69, 9.17) is 11.6 Å². The predicted molar refractivity (Wildman–Crippen MR) is 113 cm³/mol. The Morgan fingerprint density at radius 2 is 1.67 bits per heavy atom. The smallest absolute Gasteiger partial charge is 0.0927 e. The molecule has 0 radical (unpaired) electrons. The van der Waals surface area contributed by atoms with Crippen LogP contribution in [0.15, 0.2) is 79.1 Å². The highest BCUT2D eigenvalue weighted by Crippen LogP contribution is 2.25. The highest BCUT2D eigenvalue weighted by molar-refractivity contribution is 6.31. The van der Waals surface area contributed by atoms with Gasteiger partial charge >= 0.3 is 0 Å². The lowest BCUT2D eigenvalue weighted by Gasteiger charge is -2.07. The number of rotatable bonds is 3. The van der Waals surface area contributed by atoms with E-state index in [9.17, 15) is 0 Å². The van der Waals surface area contributed by atoms with E-state index in [0.29, 0.717) is 0 Å². The van der Waals surface area contributed by atoms with Crippen molar-refractivity contribution in [2.45, 2.75) is 0 Å². The topological polar surface area (TPSA) is 33.6 Å². The minimum absolute atomic E-state index is 0.749. The van der Waals surface area contributed by atoms with Gasteiger partial charge in [-0.25, -0.2) is 0 Å². The Labute approximate surface area is 161 Å². The molecule has 0 aliphatic heterocycles. The van der Waals surface area contributed by atoms with Crippen LogP contribution >= 0.6 is 11.6 Å². The molecule has 0 aliphatic rings. The van der Waals surface area contributed by atoms with Gasteiger partial charge in [0, 0.05) is 28.2 Å². The number of aromatic amines is 1. The SMILES string of the molecule is Clc1ccc2cn(-c3ccccc3C=Cc3n[nH]c4ccccc34)cc2c1. The molecule has 3 aromatic carbocycles. The van der Waals surface area contributed by atoms with Crippen molar-refractivity contribution in [1.82, 2.24) is 14.8 Å². The maximum atomic E-state index is 6.13. The van der Waals surface area contributed by atoms with E-state index in [-0.39, 0.29) is 0 Å². The number of hydrogen-bond acceptors (Lipinski definition) is 1. The Hall–Kier alpha value is -3.30. The molecule has 130 valence electrons. The molecule has 1 N–H and O–H groups in total. The minimum Gasteiger partial charge on any atom is -0.322 e. The molecule has 0 atom stereocenters. The summed E-state index contributed by atoms with van der Waals surface area (Å²) in [6, 6.07) is 22.4. The molecule has 0 aliphatic carbocycles.